The lowest BCUT2D eigenvalue weighted by Crippen LogP contribution is -1.81. The molecule has 76 valence electrons. The van der Waals surface area contributed by atoms with Crippen LogP contribution in [0.1, 0.15) is 11.1 Å². The second-order valence-corrected chi connectivity index (χ2v) is 3.39. The average Bonchev–Trinajstić information content (AvgIpc) is 2.57. The molecule has 4 nitrogen and oxygen atoms in total. The van der Waals surface area contributed by atoms with Crippen molar-refractivity contribution in [3.05, 3.63) is 51.8 Å². The molecule has 0 saturated heterocycles. The largest absolute Gasteiger partial charge is 0.361 e. The molecule has 0 aliphatic rings. The normalized spacial score (nSPS) is 11.3. The van der Waals surface area contributed by atoms with Crippen LogP contribution in [0.2, 0.25) is 0 Å². The molecule has 2 rings (SSSR count). The molecule has 4 heteroatoms. The topological polar surface area (TPSA) is 58.9 Å². The lowest BCUT2D eigenvalue weighted by atomic mass is 10.1. The Labute approximate surface area is 86.4 Å². The van der Waals surface area contributed by atoms with Gasteiger partial charge in [0.1, 0.15) is 0 Å². The summed E-state index contributed by atoms with van der Waals surface area (Å²) in [7, 11) is 0. The molecule has 0 fully saturated rings. The van der Waals surface area contributed by atoms with Gasteiger partial charge in [0, 0.05) is 28.7 Å². The van der Waals surface area contributed by atoms with Gasteiger partial charge < -0.3 is 4.98 Å². The molecule has 0 unspecified atom stereocenters. The van der Waals surface area contributed by atoms with Crippen LogP contribution in [0.25, 0.3) is 17.0 Å². The third kappa shape index (κ3) is 1.88. The Hall–Kier alpha value is -2.10. The molecule has 0 radical (unpaired) electrons. The van der Waals surface area contributed by atoms with Gasteiger partial charge in [-0.05, 0) is 19.1 Å². The van der Waals surface area contributed by atoms with E-state index >= 15 is 0 Å². The summed E-state index contributed by atoms with van der Waals surface area (Å²) in [5, 5.41) is 11.2. The first-order chi connectivity index (χ1) is 7.16. The molecule has 15 heavy (non-hydrogen) atoms. The minimum Gasteiger partial charge on any atom is -0.361 e. The number of H-pyrrole nitrogens is 1. The van der Waals surface area contributed by atoms with Crippen molar-refractivity contribution < 1.29 is 4.92 Å². The van der Waals surface area contributed by atoms with Crippen molar-refractivity contribution >= 4 is 17.0 Å². The second-order valence-electron chi connectivity index (χ2n) is 3.39. The van der Waals surface area contributed by atoms with Crippen molar-refractivity contribution in [3.8, 4) is 0 Å². The lowest BCUT2D eigenvalue weighted by molar-refractivity contribution is -0.400. The zero-order chi connectivity index (χ0) is 10.8. The number of aromatic amines is 1. The fourth-order valence-electron chi connectivity index (χ4n) is 1.54. The van der Waals surface area contributed by atoms with Crippen LogP contribution in [0.4, 0.5) is 0 Å². The Morgan fingerprint density at radius 1 is 1.47 bits per heavy atom. The van der Waals surface area contributed by atoms with Crippen molar-refractivity contribution in [3.63, 3.8) is 0 Å². The van der Waals surface area contributed by atoms with Crippen molar-refractivity contribution in [2.75, 3.05) is 0 Å². The van der Waals surface area contributed by atoms with E-state index < -0.39 is 4.92 Å². The van der Waals surface area contributed by atoms with Crippen LogP contribution in [0.5, 0.6) is 0 Å². The molecule has 0 aliphatic heterocycles. The molecule has 1 heterocycles. The SMILES string of the molecule is Cc1ccc2[nH]cc(/C=C/[N+](=O)[O-])c2c1. The fraction of sp³-hybridized carbons (Fsp3) is 0.0909. The molecule has 0 saturated carbocycles. The molecular weight excluding hydrogens is 192 g/mol. The summed E-state index contributed by atoms with van der Waals surface area (Å²) >= 11 is 0. The highest BCUT2D eigenvalue weighted by molar-refractivity contribution is 5.89. The number of aromatic nitrogens is 1. The van der Waals surface area contributed by atoms with Crippen LogP contribution in [-0.2, 0) is 0 Å². The molecule has 1 aromatic carbocycles. The highest BCUT2D eigenvalue weighted by atomic mass is 16.6. The first kappa shape index (κ1) is 9.45. The maximum atomic E-state index is 10.2. The maximum Gasteiger partial charge on any atom is 0.235 e. The van der Waals surface area contributed by atoms with Crippen LogP contribution in [0, 0.1) is 17.0 Å². The van der Waals surface area contributed by atoms with E-state index in [0.29, 0.717) is 0 Å². The van der Waals surface area contributed by atoms with Crippen LogP contribution in [-0.4, -0.2) is 9.91 Å². The van der Waals surface area contributed by atoms with Crippen LogP contribution < -0.4 is 0 Å². The van der Waals surface area contributed by atoms with E-state index in [9.17, 15) is 10.1 Å². The van der Waals surface area contributed by atoms with Crippen molar-refractivity contribution in [2.24, 2.45) is 0 Å². The predicted octanol–water partition coefficient (Wildman–Crippen LogP) is 2.72. The van der Waals surface area contributed by atoms with E-state index in [4.69, 9.17) is 0 Å². The number of rotatable bonds is 2. The van der Waals surface area contributed by atoms with Crippen LogP contribution >= 0.6 is 0 Å². The number of nitrogens with zero attached hydrogens (tertiary/aromatic N) is 1. The summed E-state index contributed by atoms with van der Waals surface area (Å²) in [6.07, 6.45) is 4.22. The van der Waals surface area contributed by atoms with E-state index in [0.717, 1.165) is 28.2 Å². The average molecular weight is 202 g/mol. The molecule has 0 aliphatic carbocycles. The van der Waals surface area contributed by atoms with Gasteiger partial charge in [0.15, 0.2) is 0 Å². The van der Waals surface area contributed by atoms with Gasteiger partial charge in [-0.3, -0.25) is 10.1 Å². The summed E-state index contributed by atoms with van der Waals surface area (Å²) in [5.41, 5.74) is 2.96. The number of benzene rings is 1. The van der Waals surface area contributed by atoms with E-state index in [1.54, 1.807) is 6.20 Å². The summed E-state index contributed by atoms with van der Waals surface area (Å²) in [6, 6.07) is 5.97. The molecule has 0 bridgehead atoms. The van der Waals surface area contributed by atoms with Crippen molar-refractivity contribution in [1.29, 1.82) is 0 Å². The monoisotopic (exact) mass is 202 g/mol. The van der Waals surface area contributed by atoms with Gasteiger partial charge in [-0.2, -0.15) is 0 Å². The molecule has 0 amide bonds. The minimum atomic E-state index is -0.464. The maximum absolute atomic E-state index is 10.2. The van der Waals surface area contributed by atoms with Crippen molar-refractivity contribution in [1.82, 2.24) is 4.98 Å². The van der Waals surface area contributed by atoms with Crippen LogP contribution in [0.3, 0.4) is 0 Å². The minimum absolute atomic E-state index is 0.464. The second kappa shape index (κ2) is 3.57. The van der Waals surface area contributed by atoms with Crippen molar-refractivity contribution in [2.45, 2.75) is 6.92 Å². The van der Waals surface area contributed by atoms with Gasteiger partial charge in [0.2, 0.25) is 6.20 Å². The van der Waals surface area contributed by atoms with E-state index in [2.05, 4.69) is 4.98 Å². The van der Waals surface area contributed by atoms with Crippen LogP contribution in [0.15, 0.2) is 30.6 Å². The van der Waals surface area contributed by atoms with Gasteiger partial charge in [-0.1, -0.05) is 11.6 Å². The van der Waals surface area contributed by atoms with Gasteiger partial charge in [0.05, 0.1) is 4.92 Å². The Morgan fingerprint density at radius 2 is 2.27 bits per heavy atom. The molecule has 0 spiro atoms. The molecular formula is C11H10N2O2. The highest BCUT2D eigenvalue weighted by Crippen LogP contribution is 2.20. The number of fused-ring (bicyclic) bond motifs is 1. The summed E-state index contributed by atoms with van der Waals surface area (Å²) in [4.78, 5) is 12.8. The van der Waals surface area contributed by atoms with Gasteiger partial charge in [-0.25, -0.2) is 0 Å². The van der Waals surface area contributed by atoms with Gasteiger partial charge in [0.25, 0.3) is 0 Å². The lowest BCUT2D eigenvalue weighted by Gasteiger charge is -1.93. The third-order valence-electron chi connectivity index (χ3n) is 2.25. The van der Waals surface area contributed by atoms with E-state index in [1.807, 2.05) is 25.1 Å². The number of nitrogens with one attached hydrogen (secondary N) is 1. The predicted molar refractivity (Wildman–Crippen MR) is 59.1 cm³/mol. The summed E-state index contributed by atoms with van der Waals surface area (Å²) in [5.74, 6) is 0. The van der Waals surface area contributed by atoms with E-state index in [1.165, 1.54) is 6.08 Å². The highest BCUT2D eigenvalue weighted by Gasteiger charge is 2.01. The number of hydrogen-bond donors (Lipinski definition) is 1. The Morgan fingerprint density at radius 3 is 3.00 bits per heavy atom. The van der Waals surface area contributed by atoms with Gasteiger partial charge in [-0.15, -0.1) is 0 Å². The molecule has 1 aromatic heterocycles. The Balaban J connectivity index is 2.52. The number of nitro groups is 1. The van der Waals surface area contributed by atoms with Gasteiger partial charge >= 0.3 is 0 Å². The standard InChI is InChI=1S/C11H10N2O2/c1-8-2-3-11-10(6-8)9(7-12-11)4-5-13(14)15/h2-7,12H,1H3/b5-4+. The fourth-order valence-corrected chi connectivity index (χ4v) is 1.54. The Bertz CT molecular complexity index is 541. The number of hydrogen-bond acceptors (Lipinski definition) is 2. The number of aryl methyl sites for hydroxylation is 1. The third-order valence-corrected chi connectivity index (χ3v) is 2.25. The molecule has 2 aromatic rings. The smallest absolute Gasteiger partial charge is 0.235 e. The first-order valence-electron chi connectivity index (χ1n) is 4.56. The quantitative estimate of drug-likeness (QED) is 0.601. The first-order valence-corrected chi connectivity index (χ1v) is 4.56. The summed E-state index contributed by atoms with van der Waals surface area (Å²) < 4.78 is 0. The molecule has 0 atom stereocenters. The zero-order valence-electron chi connectivity index (χ0n) is 8.23. The van der Waals surface area contributed by atoms with E-state index in [-0.39, 0.29) is 0 Å². The summed E-state index contributed by atoms with van der Waals surface area (Å²) in [6.45, 7) is 1.99. The Kier molecular flexibility index (Phi) is 2.25. The molecule has 1 N–H and O–H groups in total. The zero-order valence-corrected chi connectivity index (χ0v) is 8.23.